The van der Waals surface area contributed by atoms with E-state index in [1.54, 1.807) is 0 Å². The number of carboxylic acid groups (broad SMARTS) is 1. The van der Waals surface area contributed by atoms with Gasteiger partial charge in [-0.1, -0.05) is 11.6 Å². The van der Waals surface area contributed by atoms with Crippen LogP contribution in [0.5, 0.6) is 11.5 Å². The first-order valence-electron chi connectivity index (χ1n) is 5.72. The molecule has 0 saturated carbocycles. The zero-order chi connectivity index (χ0) is 15.6. The predicted octanol–water partition coefficient (Wildman–Crippen LogP) is 2.26. The number of aromatic amines is 1. The van der Waals surface area contributed by atoms with Crippen molar-refractivity contribution in [3.05, 3.63) is 28.4 Å². The lowest BCUT2D eigenvalue weighted by Gasteiger charge is -2.14. The molecule has 0 unspecified atom stereocenters. The van der Waals surface area contributed by atoms with E-state index >= 15 is 0 Å². The molecule has 1 aromatic heterocycles. The molecule has 1 aromatic carbocycles. The van der Waals surface area contributed by atoms with E-state index in [0.717, 1.165) is 0 Å². The minimum atomic E-state index is -1.15. The first-order valence-corrected chi connectivity index (χ1v) is 6.10. The highest BCUT2D eigenvalue weighted by Gasteiger charge is 2.22. The van der Waals surface area contributed by atoms with Crippen LogP contribution in [-0.4, -0.2) is 41.8 Å². The van der Waals surface area contributed by atoms with Gasteiger partial charge in [0.25, 0.3) is 0 Å². The molecule has 0 amide bonds. The minimum Gasteiger partial charge on any atom is -0.492 e. The van der Waals surface area contributed by atoms with Crippen molar-refractivity contribution in [1.82, 2.24) is 10.2 Å². The number of halogens is 1. The Labute approximate surface area is 124 Å². The fraction of sp³-hybridized carbons (Fsp3) is 0.154. The van der Waals surface area contributed by atoms with Crippen LogP contribution in [0, 0.1) is 0 Å². The molecule has 2 N–H and O–H groups in total. The fourth-order valence-electron chi connectivity index (χ4n) is 1.92. The second-order valence-electron chi connectivity index (χ2n) is 3.98. The lowest BCUT2D eigenvalue weighted by Crippen LogP contribution is -1.99. The third-order valence-corrected chi connectivity index (χ3v) is 3.11. The van der Waals surface area contributed by atoms with Crippen molar-refractivity contribution in [3.8, 4) is 22.8 Å². The van der Waals surface area contributed by atoms with Crippen LogP contribution in [-0.2, 0) is 0 Å². The molecule has 0 aliphatic rings. The summed E-state index contributed by atoms with van der Waals surface area (Å²) in [5, 5.41) is 15.4. The van der Waals surface area contributed by atoms with Crippen LogP contribution < -0.4 is 9.47 Å². The highest BCUT2D eigenvalue weighted by Crippen LogP contribution is 2.44. The van der Waals surface area contributed by atoms with Gasteiger partial charge in [0.15, 0.2) is 17.8 Å². The number of hydrogen-bond acceptors (Lipinski definition) is 5. The maximum Gasteiger partial charge on any atom is 0.353 e. The molecule has 0 radical (unpaired) electrons. The van der Waals surface area contributed by atoms with Gasteiger partial charge >= 0.3 is 5.97 Å². The Bertz CT molecular complexity index is 711. The number of nitrogens with zero attached hydrogens (tertiary/aromatic N) is 1. The monoisotopic (exact) mass is 310 g/mol. The van der Waals surface area contributed by atoms with Crippen molar-refractivity contribution in [1.29, 1.82) is 0 Å². The van der Waals surface area contributed by atoms with Gasteiger partial charge in [-0.2, -0.15) is 5.10 Å². The molecule has 110 valence electrons. The zero-order valence-corrected chi connectivity index (χ0v) is 11.9. The Morgan fingerprint density at radius 1 is 1.33 bits per heavy atom. The van der Waals surface area contributed by atoms with Gasteiger partial charge < -0.3 is 14.6 Å². The SMILES string of the molecule is COc1c(C=O)cc(Cl)c(-c2cc(C(=O)O)[nH]n2)c1OC. The number of rotatable bonds is 5. The Morgan fingerprint density at radius 2 is 2.00 bits per heavy atom. The van der Waals surface area contributed by atoms with Crippen LogP contribution in [0.2, 0.25) is 5.02 Å². The van der Waals surface area contributed by atoms with Gasteiger partial charge in [0.05, 0.1) is 36.1 Å². The molecular formula is C13H11ClN2O5. The highest BCUT2D eigenvalue weighted by atomic mass is 35.5. The molecule has 21 heavy (non-hydrogen) atoms. The van der Waals surface area contributed by atoms with Crippen molar-refractivity contribution < 1.29 is 24.2 Å². The summed E-state index contributed by atoms with van der Waals surface area (Å²) < 4.78 is 10.4. The molecule has 0 bridgehead atoms. The summed E-state index contributed by atoms with van der Waals surface area (Å²) in [6.45, 7) is 0. The Hall–Kier alpha value is -2.54. The van der Waals surface area contributed by atoms with Crippen LogP contribution in [0.1, 0.15) is 20.8 Å². The normalized spacial score (nSPS) is 10.2. The second-order valence-corrected chi connectivity index (χ2v) is 4.39. The number of aromatic nitrogens is 2. The van der Waals surface area contributed by atoms with Crippen LogP contribution in [0.25, 0.3) is 11.3 Å². The number of carbonyl (C=O) groups is 2. The summed E-state index contributed by atoms with van der Waals surface area (Å²) in [4.78, 5) is 22.0. The summed E-state index contributed by atoms with van der Waals surface area (Å²) in [5.74, 6) is -0.748. The smallest absolute Gasteiger partial charge is 0.353 e. The summed E-state index contributed by atoms with van der Waals surface area (Å²) in [5.41, 5.74) is 0.731. The van der Waals surface area contributed by atoms with Crippen molar-refractivity contribution in [2.24, 2.45) is 0 Å². The van der Waals surface area contributed by atoms with Gasteiger partial charge in [-0.05, 0) is 12.1 Å². The molecule has 0 aliphatic carbocycles. The second kappa shape index (κ2) is 5.84. The minimum absolute atomic E-state index is 0.0958. The van der Waals surface area contributed by atoms with Crippen LogP contribution in [0.15, 0.2) is 12.1 Å². The zero-order valence-electron chi connectivity index (χ0n) is 11.1. The van der Waals surface area contributed by atoms with Crippen LogP contribution in [0.4, 0.5) is 0 Å². The number of aromatic carboxylic acids is 1. The molecule has 2 rings (SSSR count). The first-order chi connectivity index (χ1) is 10.0. The topological polar surface area (TPSA) is 102 Å². The van der Waals surface area contributed by atoms with Crippen LogP contribution >= 0.6 is 11.6 Å². The summed E-state index contributed by atoms with van der Waals surface area (Å²) in [6, 6.07) is 2.71. The average Bonchev–Trinajstić information content (AvgIpc) is 2.95. The van der Waals surface area contributed by atoms with Gasteiger partial charge in [-0.25, -0.2) is 4.79 Å². The molecule has 1 heterocycles. The van der Waals surface area contributed by atoms with Crippen LogP contribution in [0.3, 0.4) is 0 Å². The van der Waals surface area contributed by atoms with E-state index in [9.17, 15) is 9.59 Å². The number of ether oxygens (including phenoxy) is 2. The molecule has 2 aromatic rings. The fourth-order valence-corrected chi connectivity index (χ4v) is 2.22. The third-order valence-electron chi connectivity index (χ3n) is 2.82. The number of nitrogens with one attached hydrogen (secondary N) is 1. The number of carboxylic acids is 1. The van der Waals surface area contributed by atoms with E-state index in [-0.39, 0.29) is 33.5 Å². The maximum atomic E-state index is 11.1. The van der Waals surface area contributed by atoms with E-state index in [1.165, 1.54) is 26.4 Å². The van der Waals surface area contributed by atoms with E-state index in [1.807, 2.05) is 0 Å². The third kappa shape index (κ3) is 2.55. The van der Waals surface area contributed by atoms with E-state index in [0.29, 0.717) is 11.8 Å². The quantitative estimate of drug-likeness (QED) is 0.821. The average molecular weight is 311 g/mol. The van der Waals surface area contributed by atoms with Crippen molar-refractivity contribution in [2.45, 2.75) is 0 Å². The molecule has 0 saturated heterocycles. The van der Waals surface area contributed by atoms with Crippen molar-refractivity contribution in [3.63, 3.8) is 0 Å². The highest BCUT2D eigenvalue weighted by molar-refractivity contribution is 6.34. The lowest BCUT2D eigenvalue weighted by atomic mass is 10.1. The number of aldehydes is 1. The molecule has 0 fully saturated rings. The number of methoxy groups -OCH3 is 2. The van der Waals surface area contributed by atoms with E-state index in [4.69, 9.17) is 26.2 Å². The molecular weight excluding hydrogens is 300 g/mol. The molecule has 8 heteroatoms. The van der Waals surface area contributed by atoms with Crippen molar-refractivity contribution >= 4 is 23.9 Å². The molecule has 0 atom stereocenters. The molecule has 7 nitrogen and oxygen atoms in total. The Balaban J connectivity index is 2.72. The molecule has 0 aliphatic heterocycles. The van der Waals surface area contributed by atoms with Gasteiger partial charge in [0, 0.05) is 0 Å². The largest absolute Gasteiger partial charge is 0.492 e. The van der Waals surface area contributed by atoms with Gasteiger partial charge in [-0.3, -0.25) is 9.89 Å². The predicted molar refractivity (Wildman–Crippen MR) is 74.5 cm³/mol. The molecule has 0 spiro atoms. The van der Waals surface area contributed by atoms with E-state index in [2.05, 4.69) is 10.2 Å². The maximum absolute atomic E-state index is 11.1. The Morgan fingerprint density at radius 3 is 2.48 bits per heavy atom. The van der Waals surface area contributed by atoms with Gasteiger partial charge in [0.1, 0.15) is 5.69 Å². The summed E-state index contributed by atoms with van der Waals surface area (Å²) in [7, 11) is 2.77. The van der Waals surface area contributed by atoms with Crippen molar-refractivity contribution in [2.75, 3.05) is 14.2 Å². The summed E-state index contributed by atoms with van der Waals surface area (Å²) >= 11 is 6.15. The van der Waals surface area contributed by atoms with E-state index < -0.39 is 5.97 Å². The van der Waals surface area contributed by atoms with Gasteiger partial charge in [0.2, 0.25) is 0 Å². The standard InChI is InChI=1S/C13H11ClN2O5/c1-20-11-6(5-17)3-7(14)10(12(11)21-2)8-4-9(13(18)19)16-15-8/h3-5H,1-2H3,(H,15,16)(H,18,19). The number of hydrogen-bond donors (Lipinski definition) is 2. The number of H-pyrrole nitrogens is 1. The van der Waals surface area contributed by atoms with Gasteiger partial charge in [-0.15, -0.1) is 0 Å². The number of carbonyl (C=O) groups excluding carboxylic acids is 1. The lowest BCUT2D eigenvalue weighted by molar-refractivity contribution is 0.0690. The summed E-state index contributed by atoms with van der Waals surface area (Å²) in [6.07, 6.45) is 0.588. The Kier molecular flexibility index (Phi) is 4.13. The number of benzene rings is 1. The first kappa shape index (κ1) is 14.9.